The minimum atomic E-state index is -0.604. The fourth-order valence-electron chi connectivity index (χ4n) is 1.70. The maximum absolute atomic E-state index is 11.8. The number of rotatable bonds is 5. The predicted molar refractivity (Wildman–Crippen MR) is 85.3 cm³/mol. The lowest BCUT2D eigenvalue weighted by atomic mass is 10.2. The molecule has 0 bridgehead atoms. The molecule has 0 atom stereocenters. The van der Waals surface area contributed by atoms with E-state index in [4.69, 9.17) is 4.74 Å². The molecule has 2 amide bonds. The smallest absolute Gasteiger partial charge is 0.407 e. The van der Waals surface area contributed by atoms with Crippen LogP contribution >= 0.6 is 0 Å². The quantitative estimate of drug-likeness (QED) is 0.639. The zero-order valence-electron chi connectivity index (χ0n) is 13.6. The molecule has 23 heavy (non-hydrogen) atoms. The van der Waals surface area contributed by atoms with Crippen LogP contribution in [0.25, 0.3) is 0 Å². The molecule has 0 heterocycles. The number of nitro benzene ring substituents is 1. The summed E-state index contributed by atoms with van der Waals surface area (Å²) in [5.74, 6) is -0.362. The monoisotopic (exact) mass is 323 g/mol. The van der Waals surface area contributed by atoms with Gasteiger partial charge in [0.1, 0.15) is 5.60 Å². The van der Waals surface area contributed by atoms with Gasteiger partial charge in [-0.3, -0.25) is 14.9 Å². The number of carbonyl (C=O) groups is 2. The van der Waals surface area contributed by atoms with Crippen LogP contribution in [0.2, 0.25) is 0 Å². The van der Waals surface area contributed by atoms with Crippen molar-refractivity contribution in [3.05, 3.63) is 33.9 Å². The number of aryl methyl sites for hydroxylation is 1. The Morgan fingerprint density at radius 3 is 2.52 bits per heavy atom. The highest BCUT2D eigenvalue weighted by Gasteiger charge is 2.16. The van der Waals surface area contributed by atoms with Crippen molar-refractivity contribution in [3.8, 4) is 0 Å². The number of nitrogens with zero attached hydrogens (tertiary/aromatic N) is 1. The van der Waals surface area contributed by atoms with Crippen LogP contribution in [-0.2, 0) is 9.53 Å². The number of ether oxygens (including phenoxy) is 1. The second kappa shape index (κ2) is 7.57. The van der Waals surface area contributed by atoms with Crippen LogP contribution in [-0.4, -0.2) is 29.1 Å². The third-order valence-electron chi connectivity index (χ3n) is 2.71. The van der Waals surface area contributed by atoms with Crippen LogP contribution in [0.3, 0.4) is 0 Å². The molecule has 1 aromatic carbocycles. The van der Waals surface area contributed by atoms with Crippen LogP contribution < -0.4 is 10.6 Å². The van der Waals surface area contributed by atoms with Gasteiger partial charge >= 0.3 is 6.09 Å². The number of anilines is 1. The van der Waals surface area contributed by atoms with Gasteiger partial charge < -0.3 is 15.4 Å². The van der Waals surface area contributed by atoms with Crippen molar-refractivity contribution < 1.29 is 19.2 Å². The van der Waals surface area contributed by atoms with Crippen molar-refractivity contribution in [3.63, 3.8) is 0 Å². The van der Waals surface area contributed by atoms with Gasteiger partial charge in [0.2, 0.25) is 5.91 Å². The number of benzene rings is 1. The normalized spacial score (nSPS) is 10.8. The van der Waals surface area contributed by atoms with Crippen LogP contribution in [0.4, 0.5) is 16.2 Å². The van der Waals surface area contributed by atoms with Gasteiger partial charge in [-0.2, -0.15) is 0 Å². The number of nitrogens with one attached hydrogen (secondary N) is 2. The highest BCUT2D eigenvalue weighted by atomic mass is 16.6. The van der Waals surface area contributed by atoms with Gasteiger partial charge in [-0.1, -0.05) is 6.07 Å². The lowest BCUT2D eigenvalue weighted by Gasteiger charge is -2.19. The summed E-state index contributed by atoms with van der Waals surface area (Å²) in [6, 6.07) is 4.45. The van der Waals surface area contributed by atoms with Crippen molar-refractivity contribution >= 4 is 23.4 Å². The number of carbonyl (C=O) groups excluding carboxylic acids is 2. The molecule has 0 spiro atoms. The molecule has 0 fully saturated rings. The number of hydrogen-bond acceptors (Lipinski definition) is 5. The lowest BCUT2D eigenvalue weighted by Crippen LogP contribution is -2.34. The fourth-order valence-corrected chi connectivity index (χ4v) is 1.70. The van der Waals surface area contributed by atoms with Gasteiger partial charge in [-0.05, 0) is 33.8 Å². The molecule has 0 aliphatic carbocycles. The molecular formula is C15H21N3O5. The number of nitro groups is 1. The molecular weight excluding hydrogens is 302 g/mol. The Labute approximate surface area is 134 Å². The van der Waals surface area contributed by atoms with Crippen molar-refractivity contribution in [2.45, 2.75) is 39.7 Å². The summed E-state index contributed by atoms with van der Waals surface area (Å²) in [5.41, 5.74) is 0.187. The second-order valence-corrected chi connectivity index (χ2v) is 5.99. The molecule has 0 aromatic heterocycles. The maximum Gasteiger partial charge on any atom is 0.407 e. The van der Waals surface area contributed by atoms with E-state index in [-0.39, 0.29) is 24.6 Å². The number of amides is 2. The van der Waals surface area contributed by atoms with Gasteiger partial charge in [0, 0.05) is 30.3 Å². The molecule has 8 nitrogen and oxygen atoms in total. The first-order chi connectivity index (χ1) is 10.6. The SMILES string of the molecule is Cc1ccc(NC(=O)CCNC(=O)OC(C)(C)C)cc1[N+](=O)[O-]. The van der Waals surface area contributed by atoms with Crippen LogP contribution in [0.15, 0.2) is 18.2 Å². The maximum atomic E-state index is 11.8. The summed E-state index contributed by atoms with van der Waals surface area (Å²) in [5, 5.41) is 15.9. The van der Waals surface area contributed by atoms with Gasteiger partial charge in [-0.15, -0.1) is 0 Å². The van der Waals surface area contributed by atoms with Crippen molar-refractivity contribution in [1.29, 1.82) is 0 Å². The summed E-state index contributed by atoms with van der Waals surface area (Å²) in [6.45, 7) is 6.94. The molecule has 1 aromatic rings. The van der Waals surface area contributed by atoms with Gasteiger partial charge in [-0.25, -0.2) is 4.79 Å². The summed E-state index contributed by atoms with van der Waals surface area (Å²) in [7, 11) is 0. The van der Waals surface area contributed by atoms with E-state index in [1.165, 1.54) is 6.07 Å². The average molecular weight is 323 g/mol. The van der Waals surface area contributed by atoms with E-state index in [0.29, 0.717) is 11.3 Å². The molecule has 126 valence electrons. The molecule has 1 rings (SSSR count). The lowest BCUT2D eigenvalue weighted by molar-refractivity contribution is -0.385. The Hall–Kier alpha value is -2.64. The largest absolute Gasteiger partial charge is 0.444 e. The second-order valence-electron chi connectivity index (χ2n) is 5.99. The third kappa shape index (κ3) is 6.77. The number of hydrogen-bond donors (Lipinski definition) is 2. The molecule has 0 radical (unpaired) electrons. The fraction of sp³-hybridized carbons (Fsp3) is 0.467. The zero-order valence-corrected chi connectivity index (χ0v) is 13.6. The average Bonchev–Trinajstić information content (AvgIpc) is 2.38. The van der Waals surface area contributed by atoms with E-state index in [2.05, 4.69) is 10.6 Å². The van der Waals surface area contributed by atoms with E-state index in [0.717, 1.165) is 0 Å². The van der Waals surface area contributed by atoms with Gasteiger partial charge in [0.15, 0.2) is 0 Å². The van der Waals surface area contributed by atoms with E-state index in [1.807, 2.05) is 0 Å². The summed E-state index contributed by atoms with van der Waals surface area (Å²) in [4.78, 5) is 33.5. The topological polar surface area (TPSA) is 111 Å². The van der Waals surface area contributed by atoms with Crippen molar-refractivity contribution in [1.82, 2.24) is 5.32 Å². The molecule has 0 saturated heterocycles. The molecule has 0 saturated carbocycles. The van der Waals surface area contributed by atoms with Gasteiger partial charge in [0.25, 0.3) is 5.69 Å². The Bertz CT molecular complexity index is 608. The summed E-state index contributed by atoms with van der Waals surface area (Å²) >= 11 is 0. The minimum absolute atomic E-state index is 0.0287. The minimum Gasteiger partial charge on any atom is -0.444 e. The Morgan fingerprint density at radius 1 is 1.30 bits per heavy atom. The Kier molecular flexibility index (Phi) is 6.06. The van der Waals surface area contributed by atoms with Crippen LogP contribution in [0.1, 0.15) is 32.8 Å². The first kappa shape index (κ1) is 18.4. The standard InChI is InChI=1S/C15H21N3O5/c1-10-5-6-11(9-12(10)18(21)22)17-13(19)7-8-16-14(20)23-15(2,3)4/h5-6,9H,7-8H2,1-4H3,(H,16,20)(H,17,19). The highest BCUT2D eigenvalue weighted by Crippen LogP contribution is 2.22. The Balaban J connectivity index is 2.47. The van der Waals surface area contributed by atoms with Crippen LogP contribution in [0, 0.1) is 17.0 Å². The number of alkyl carbamates (subject to hydrolysis) is 1. The predicted octanol–water partition coefficient (Wildman–Crippen LogP) is 2.76. The molecule has 0 unspecified atom stereocenters. The molecule has 8 heteroatoms. The first-order valence-corrected chi connectivity index (χ1v) is 7.10. The molecule has 0 aliphatic heterocycles. The van der Waals surface area contributed by atoms with E-state index < -0.39 is 16.6 Å². The third-order valence-corrected chi connectivity index (χ3v) is 2.71. The van der Waals surface area contributed by atoms with Gasteiger partial charge in [0.05, 0.1) is 4.92 Å². The van der Waals surface area contributed by atoms with E-state index >= 15 is 0 Å². The van der Waals surface area contributed by atoms with Crippen molar-refractivity contribution in [2.75, 3.05) is 11.9 Å². The van der Waals surface area contributed by atoms with E-state index in [9.17, 15) is 19.7 Å². The Morgan fingerprint density at radius 2 is 1.96 bits per heavy atom. The summed E-state index contributed by atoms with van der Waals surface area (Å²) in [6.07, 6.45) is -0.572. The molecule has 0 aliphatic rings. The first-order valence-electron chi connectivity index (χ1n) is 7.10. The molecule has 2 N–H and O–H groups in total. The summed E-state index contributed by atoms with van der Waals surface area (Å²) < 4.78 is 5.04. The zero-order chi connectivity index (χ0) is 17.6. The van der Waals surface area contributed by atoms with Crippen LogP contribution in [0.5, 0.6) is 0 Å². The highest BCUT2D eigenvalue weighted by molar-refractivity contribution is 5.91. The van der Waals surface area contributed by atoms with E-state index in [1.54, 1.807) is 39.8 Å². The van der Waals surface area contributed by atoms with Crippen molar-refractivity contribution in [2.24, 2.45) is 0 Å².